The SMILES string of the molecule is O=C(c1ncoc1-c1cccs1)N1CCCCCCC1. The van der Waals surface area contributed by atoms with Crippen molar-refractivity contribution < 1.29 is 9.21 Å². The third-order valence-corrected chi connectivity index (χ3v) is 4.53. The van der Waals surface area contributed by atoms with Crippen LogP contribution < -0.4 is 0 Å². The highest BCUT2D eigenvalue weighted by Gasteiger charge is 2.24. The molecule has 5 heteroatoms. The third kappa shape index (κ3) is 2.77. The zero-order valence-corrected chi connectivity index (χ0v) is 12.2. The normalized spacial score (nSPS) is 16.7. The molecular formula is C15H18N2O2S. The van der Waals surface area contributed by atoms with Crippen molar-refractivity contribution in [1.29, 1.82) is 0 Å². The maximum absolute atomic E-state index is 12.6. The van der Waals surface area contributed by atoms with Crippen molar-refractivity contribution >= 4 is 17.2 Å². The van der Waals surface area contributed by atoms with E-state index in [-0.39, 0.29) is 5.91 Å². The van der Waals surface area contributed by atoms with Crippen LogP contribution in [0.1, 0.15) is 42.6 Å². The van der Waals surface area contributed by atoms with Crippen LogP contribution in [0.4, 0.5) is 0 Å². The van der Waals surface area contributed by atoms with E-state index in [1.165, 1.54) is 25.7 Å². The fourth-order valence-electron chi connectivity index (χ4n) is 2.58. The molecule has 0 saturated carbocycles. The van der Waals surface area contributed by atoms with Crippen molar-refractivity contribution in [3.05, 3.63) is 29.6 Å². The highest BCUT2D eigenvalue weighted by atomic mass is 32.1. The molecule has 0 spiro atoms. The molecule has 0 aromatic carbocycles. The number of carbonyl (C=O) groups is 1. The summed E-state index contributed by atoms with van der Waals surface area (Å²) in [4.78, 5) is 19.7. The Kier molecular flexibility index (Phi) is 4.16. The Labute approximate surface area is 122 Å². The fraction of sp³-hybridized carbons (Fsp3) is 0.467. The van der Waals surface area contributed by atoms with Gasteiger partial charge in [-0.3, -0.25) is 4.79 Å². The average Bonchev–Trinajstić information content (AvgIpc) is 3.08. The molecule has 0 bridgehead atoms. The number of thiophene rings is 1. The third-order valence-electron chi connectivity index (χ3n) is 3.66. The topological polar surface area (TPSA) is 46.3 Å². The van der Waals surface area contributed by atoms with E-state index in [4.69, 9.17) is 4.42 Å². The molecule has 3 heterocycles. The Balaban J connectivity index is 1.81. The van der Waals surface area contributed by atoms with Gasteiger partial charge in [0.1, 0.15) is 0 Å². The van der Waals surface area contributed by atoms with E-state index in [9.17, 15) is 4.79 Å². The van der Waals surface area contributed by atoms with Gasteiger partial charge < -0.3 is 9.32 Å². The number of hydrogen-bond acceptors (Lipinski definition) is 4. The number of hydrogen-bond donors (Lipinski definition) is 0. The van der Waals surface area contributed by atoms with E-state index in [1.807, 2.05) is 22.4 Å². The second-order valence-electron chi connectivity index (χ2n) is 5.07. The first-order valence-corrected chi connectivity index (χ1v) is 8.01. The molecule has 1 aliphatic heterocycles. The maximum Gasteiger partial charge on any atom is 0.276 e. The van der Waals surface area contributed by atoms with Crippen molar-refractivity contribution in [1.82, 2.24) is 9.88 Å². The van der Waals surface area contributed by atoms with Crippen LogP contribution >= 0.6 is 11.3 Å². The first-order valence-electron chi connectivity index (χ1n) is 7.13. The molecule has 1 amide bonds. The monoisotopic (exact) mass is 290 g/mol. The minimum Gasteiger partial charge on any atom is -0.442 e. The summed E-state index contributed by atoms with van der Waals surface area (Å²) in [5.74, 6) is 0.608. The molecule has 1 aliphatic rings. The van der Waals surface area contributed by atoms with Gasteiger partial charge in [-0.2, -0.15) is 0 Å². The second kappa shape index (κ2) is 6.22. The second-order valence-corrected chi connectivity index (χ2v) is 6.02. The van der Waals surface area contributed by atoms with E-state index >= 15 is 0 Å². The Morgan fingerprint density at radius 1 is 1.20 bits per heavy atom. The molecule has 0 unspecified atom stereocenters. The molecule has 0 atom stereocenters. The molecule has 0 N–H and O–H groups in total. The van der Waals surface area contributed by atoms with Gasteiger partial charge in [-0.15, -0.1) is 11.3 Å². The summed E-state index contributed by atoms with van der Waals surface area (Å²) in [6.45, 7) is 1.66. The van der Waals surface area contributed by atoms with Crippen LogP contribution in [0, 0.1) is 0 Å². The van der Waals surface area contributed by atoms with Gasteiger partial charge in [0.2, 0.25) is 0 Å². The van der Waals surface area contributed by atoms with Gasteiger partial charge in [0.05, 0.1) is 4.88 Å². The van der Waals surface area contributed by atoms with Crippen molar-refractivity contribution in [3.63, 3.8) is 0 Å². The van der Waals surface area contributed by atoms with Crippen molar-refractivity contribution in [3.8, 4) is 10.6 Å². The zero-order chi connectivity index (χ0) is 13.8. The molecule has 4 nitrogen and oxygen atoms in total. The Morgan fingerprint density at radius 2 is 1.95 bits per heavy atom. The summed E-state index contributed by atoms with van der Waals surface area (Å²) < 4.78 is 5.43. The molecule has 106 valence electrons. The van der Waals surface area contributed by atoms with Crippen molar-refractivity contribution in [2.45, 2.75) is 32.1 Å². The lowest BCUT2D eigenvalue weighted by Crippen LogP contribution is -2.34. The van der Waals surface area contributed by atoms with Gasteiger partial charge in [-0.25, -0.2) is 4.98 Å². The van der Waals surface area contributed by atoms with Gasteiger partial charge in [-0.05, 0) is 24.3 Å². The average molecular weight is 290 g/mol. The van der Waals surface area contributed by atoms with Gasteiger partial charge in [-0.1, -0.05) is 25.3 Å². The molecule has 1 saturated heterocycles. The molecule has 2 aromatic heterocycles. The minimum atomic E-state index is 0.00375. The Morgan fingerprint density at radius 3 is 2.65 bits per heavy atom. The quantitative estimate of drug-likeness (QED) is 0.845. The number of nitrogens with zero attached hydrogens (tertiary/aromatic N) is 2. The number of amides is 1. The first kappa shape index (κ1) is 13.4. The minimum absolute atomic E-state index is 0.00375. The molecule has 3 rings (SSSR count). The van der Waals surface area contributed by atoms with Gasteiger partial charge in [0.15, 0.2) is 17.8 Å². The fourth-order valence-corrected chi connectivity index (χ4v) is 3.29. The van der Waals surface area contributed by atoms with Crippen molar-refractivity contribution in [2.75, 3.05) is 13.1 Å². The predicted octanol–water partition coefficient (Wildman–Crippen LogP) is 3.81. The van der Waals surface area contributed by atoms with Crippen LogP contribution in [0.2, 0.25) is 0 Å². The van der Waals surface area contributed by atoms with E-state index in [0.717, 1.165) is 30.8 Å². The van der Waals surface area contributed by atoms with E-state index < -0.39 is 0 Å². The summed E-state index contributed by atoms with van der Waals surface area (Å²) in [5, 5.41) is 1.97. The van der Waals surface area contributed by atoms with E-state index in [1.54, 1.807) is 11.3 Å². The summed E-state index contributed by atoms with van der Waals surface area (Å²) in [7, 11) is 0. The predicted molar refractivity (Wildman–Crippen MR) is 78.8 cm³/mol. The standard InChI is InChI=1S/C15H18N2O2S/c18-15(17-8-4-2-1-3-5-9-17)13-14(19-11-16-13)12-7-6-10-20-12/h6-7,10-11H,1-5,8-9H2. The van der Waals surface area contributed by atoms with Crippen LogP contribution in [0.25, 0.3) is 10.6 Å². The van der Waals surface area contributed by atoms with Gasteiger partial charge >= 0.3 is 0 Å². The Hall–Kier alpha value is -1.62. The first-order chi connectivity index (χ1) is 9.86. The van der Waals surface area contributed by atoms with Crippen LogP contribution in [0.15, 0.2) is 28.3 Å². The summed E-state index contributed by atoms with van der Waals surface area (Å²) in [6, 6.07) is 3.91. The summed E-state index contributed by atoms with van der Waals surface area (Å²) >= 11 is 1.56. The van der Waals surface area contributed by atoms with Crippen LogP contribution in [0.5, 0.6) is 0 Å². The maximum atomic E-state index is 12.6. The molecule has 0 radical (unpaired) electrons. The lowest BCUT2D eigenvalue weighted by Gasteiger charge is -2.24. The van der Waals surface area contributed by atoms with E-state index in [0.29, 0.717) is 11.5 Å². The number of oxazole rings is 1. The molecule has 1 fully saturated rings. The van der Waals surface area contributed by atoms with Crippen LogP contribution in [-0.4, -0.2) is 28.9 Å². The van der Waals surface area contributed by atoms with Gasteiger partial charge in [0, 0.05) is 13.1 Å². The van der Waals surface area contributed by atoms with Crippen molar-refractivity contribution in [2.24, 2.45) is 0 Å². The molecule has 20 heavy (non-hydrogen) atoms. The zero-order valence-electron chi connectivity index (χ0n) is 11.4. The number of carbonyl (C=O) groups excluding carboxylic acids is 1. The molecular weight excluding hydrogens is 272 g/mol. The largest absolute Gasteiger partial charge is 0.442 e. The van der Waals surface area contributed by atoms with E-state index in [2.05, 4.69) is 4.98 Å². The Bertz CT molecular complexity index is 554. The van der Waals surface area contributed by atoms with Crippen LogP contribution in [-0.2, 0) is 0 Å². The highest BCUT2D eigenvalue weighted by molar-refractivity contribution is 7.13. The molecule has 2 aromatic rings. The summed E-state index contributed by atoms with van der Waals surface area (Å²) in [6.07, 6.45) is 7.23. The number of aromatic nitrogens is 1. The lowest BCUT2D eigenvalue weighted by molar-refractivity contribution is 0.0737. The summed E-state index contributed by atoms with van der Waals surface area (Å²) in [5.41, 5.74) is 0.452. The lowest BCUT2D eigenvalue weighted by atomic mass is 10.1. The molecule has 0 aliphatic carbocycles. The highest BCUT2D eigenvalue weighted by Crippen LogP contribution is 2.28. The van der Waals surface area contributed by atoms with Crippen LogP contribution in [0.3, 0.4) is 0 Å². The number of likely N-dealkylation sites (tertiary alicyclic amines) is 1. The van der Waals surface area contributed by atoms with Gasteiger partial charge in [0.25, 0.3) is 5.91 Å². The number of rotatable bonds is 2. The smallest absolute Gasteiger partial charge is 0.276 e.